The SMILES string of the molecule is CCC(CO)NC(=O)NCC1(c2ccccc2F)CC1. The fourth-order valence-electron chi connectivity index (χ4n) is 2.35. The van der Waals surface area contributed by atoms with Crippen molar-refractivity contribution in [1.82, 2.24) is 10.6 Å². The molecule has 110 valence electrons. The van der Waals surface area contributed by atoms with Gasteiger partial charge in [-0.05, 0) is 30.9 Å². The van der Waals surface area contributed by atoms with Gasteiger partial charge in [-0.25, -0.2) is 9.18 Å². The summed E-state index contributed by atoms with van der Waals surface area (Å²) in [4.78, 5) is 11.7. The van der Waals surface area contributed by atoms with Crippen LogP contribution >= 0.6 is 0 Å². The summed E-state index contributed by atoms with van der Waals surface area (Å²) in [6.07, 6.45) is 2.43. The van der Waals surface area contributed by atoms with Crippen LogP contribution in [0.1, 0.15) is 31.7 Å². The van der Waals surface area contributed by atoms with Gasteiger partial charge in [0, 0.05) is 12.0 Å². The molecule has 1 atom stereocenters. The Morgan fingerprint density at radius 3 is 2.70 bits per heavy atom. The predicted molar refractivity (Wildman–Crippen MR) is 75.0 cm³/mol. The van der Waals surface area contributed by atoms with Gasteiger partial charge in [0.15, 0.2) is 0 Å². The number of nitrogens with one attached hydrogen (secondary N) is 2. The van der Waals surface area contributed by atoms with E-state index in [0.717, 1.165) is 12.8 Å². The molecule has 1 saturated carbocycles. The highest BCUT2D eigenvalue weighted by Crippen LogP contribution is 2.48. The molecule has 1 aromatic carbocycles. The minimum Gasteiger partial charge on any atom is -0.394 e. The van der Waals surface area contributed by atoms with E-state index < -0.39 is 0 Å². The molecule has 5 heteroatoms. The van der Waals surface area contributed by atoms with Crippen molar-refractivity contribution in [2.24, 2.45) is 0 Å². The highest BCUT2D eigenvalue weighted by Gasteiger charge is 2.46. The number of rotatable bonds is 6. The quantitative estimate of drug-likeness (QED) is 0.745. The Kier molecular flexibility index (Phi) is 4.60. The second-order valence-electron chi connectivity index (χ2n) is 5.37. The zero-order valence-corrected chi connectivity index (χ0v) is 11.7. The molecule has 4 nitrogen and oxygen atoms in total. The molecule has 1 aliphatic carbocycles. The van der Waals surface area contributed by atoms with Crippen LogP contribution in [0.2, 0.25) is 0 Å². The number of aliphatic hydroxyl groups is 1. The van der Waals surface area contributed by atoms with Crippen LogP contribution in [0.15, 0.2) is 24.3 Å². The average Bonchev–Trinajstić information content (AvgIpc) is 3.24. The molecule has 1 unspecified atom stereocenters. The van der Waals surface area contributed by atoms with Crippen LogP contribution < -0.4 is 10.6 Å². The molecule has 0 bridgehead atoms. The van der Waals surface area contributed by atoms with E-state index in [2.05, 4.69) is 10.6 Å². The number of carbonyl (C=O) groups is 1. The fourth-order valence-corrected chi connectivity index (χ4v) is 2.35. The molecule has 0 spiro atoms. The van der Waals surface area contributed by atoms with Crippen LogP contribution in [0.3, 0.4) is 0 Å². The zero-order chi connectivity index (χ0) is 14.6. The van der Waals surface area contributed by atoms with Crippen molar-refractivity contribution < 1.29 is 14.3 Å². The molecule has 0 radical (unpaired) electrons. The third-order valence-corrected chi connectivity index (χ3v) is 3.93. The largest absolute Gasteiger partial charge is 0.394 e. The van der Waals surface area contributed by atoms with Gasteiger partial charge in [-0.15, -0.1) is 0 Å². The predicted octanol–water partition coefficient (Wildman–Crippen LogP) is 1.93. The molecule has 0 aromatic heterocycles. The number of hydrogen-bond donors (Lipinski definition) is 3. The second kappa shape index (κ2) is 6.22. The molecular weight excluding hydrogens is 259 g/mol. The molecule has 2 amide bonds. The summed E-state index contributed by atoms with van der Waals surface area (Å²) in [6.45, 7) is 2.23. The Morgan fingerprint density at radius 2 is 2.15 bits per heavy atom. The fraction of sp³-hybridized carbons (Fsp3) is 0.533. The summed E-state index contributed by atoms with van der Waals surface area (Å²) in [5.74, 6) is -0.214. The lowest BCUT2D eigenvalue weighted by Crippen LogP contribution is -2.45. The monoisotopic (exact) mass is 280 g/mol. The van der Waals surface area contributed by atoms with Crippen LogP contribution in [-0.4, -0.2) is 30.3 Å². The molecular formula is C15H21FN2O2. The molecule has 1 fully saturated rings. The first-order valence-electron chi connectivity index (χ1n) is 7.01. The van der Waals surface area contributed by atoms with Gasteiger partial charge in [-0.2, -0.15) is 0 Å². The maximum Gasteiger partial charge on any atom is 0.315 e. The Bertz CT molecular complexity index is 471. The smallest absolute Gasteiger partial charge is 0.315 e. The van der Waals surface area contributed by atoms with Gasteiger partial charge in [-0.1, -0.05) is 25.1 Å². The minimum absolute atomic E-state index is 0.0810. The Morgan fingerprint density at radius 1 is 1.45 bits per heavy atom. The number of aliphatic hydroxyl groups excluding tert-OH is 1. The minimum atomic E-state index is -0.312. The van der Waals surface area contributed by atoms with E-state index in [1.807, 2.05) is 13.0 Å². The van der Waals surface area contributed by atoms with Crippen molar-refractivity contribution >= 4 is 6.03 Å². The summed E-state index contributed by atoms with van der Waals surface area (Å²) in [6, 6.07) is 6.17. The van der Waals surface area contributed by atoms with Crippen molar-refractivity contribution in [3.8, 4) is 0 Å². The van der Waals surface area contributed by atoms with Crippen molar-refractivity contribution in [1.29, 1.82) is 0 Å². The van der Waals surface area contributed by atoms with Crippen LogP contribution in [0.4, 0.5) is 9.18 Å². The summed E-state index contributed by atoms with van der Waals surface area (Å²) < 4.78 is 13.8. The summed E-state index contributed by atoms with van der Waals surface area (Å²) in [5, 5.41) is 14.5. The van der Waals surface area contributed by atoms with Crippen LogP contribution in [0.5, 0.6) is 0 Å². The van der Waals surface area contributed by atoms with E-state index in [-0.39, 0.29) is 29.9 Å². The Labute approximate surface area is 118 Å². The van der Waals surface area contributed by atoms with E-state index >= 15 is 0 Å². The lowest BCUT2D eigenvalue weighted by atomic mass is 9.95. The van der Waals surface area contributed by atoms with E-state index in [1.165, 1.54) is 6.07 Å². The Hall–Kier alpha value is -1.62. The molecule has 1 aliphatic rings. The highest BCUT2D eigenvalue weighted by atomic mass is 19.1. The van der Waals surface area contributed by atoms with Crippen LogP contribution in [-0.2, 0) is 5.41 Å². The maximum absolute atomic E-state index is 13.8. The summed E-state index contributed by atoms with van der Waals surface area (Å²) in [7, 11) is 0. The van der Waals surface area contributed by atoms with Gasteiger partial charge >= 0.3 is 6.03 Å². The number of halogens is 1. The average molecular weight is 280 g/mol. The maximum atomic E-state index is 13.8. The van der Waals surface area contributed by atoms with Crippen molar-refractivity contribution in [3.63, 3.8) is 0 Å². The molecule has 0 saturated heterocycles. The first kappa shape index (κ1) is 14.8. The first-order valence-corrected chi connectivity index (χ1v) is 7.01. The Balaban J connectivity index is 1.91. The molecule has 1 aromatic rings. The van der Waals surface area contributed by atoms with Crippen LogP contribution in [0, 0.1) is 5.82 Å². The van der Waals surface area contributed by atoms with Gasteiger partial charge in [0.05, 0.1) is 12.6 Å². The van der Waals surface area contributed by atoms with E-state index in [4.69, 9.17) is 5.11 Å². The van der Waals surface area contributed by atoms with E-state index in [9.17, 15) is 9.18 Å². The van der Waals surface area contributed by atoms with E-state index in [0.29, 0.717) is 18.5 Å². The standard InChI is InChI=1S/C15H21FN2O2/c1-2-11(9-19)18-14(20)17-10-15(7-8-15)12-5-3-4-6-13(12)16/h3-6,11,19H,2,7-10H2,1H3,(H2,17,18,20). The lowest BCUT2D eigenvalue weighted by Gasteiger charge is -2.19. The van der Waals surface area contributed by atoms with Crippen molar-refractivity contribution in [3.05, 3.63) is 35.6 Å². The zero-order valence-electron chi connectivity index (χ0n) is 11.7. The van der Waals surface area contributed by atoms with Crippen molar-refractivity contribution in [2.45, 2.75) is 37.6 Å². The summed E-state index contributed by atoms with van der Waals surface area (Å²) in [5.41, 5.74) is 0.415. The topological polar surface area (TPSA) is 61.4 Å². The summed E-state index contributed by atoms with van der Waals surface area (Å²) >= 11 is 0. The second-order valence-corrected chi connectivity index (χ2v) is 5.37. The highest BCUT2D eigenvalue weighted by molar-refractivity contribution is 5.74. The van der Waals surface area contributed by atoms with Gasteiger partial charge in [-0.3, -0.25) is 0 Å². The molecule has 2 rings (SSSR count). The third-order valence-electron chi connectivity index (χ3n) is 3.93. The van der Waals surface area contributed by atoms with Crippen LogP contribution in [0.25, 0.3) is 0 Å². The van der Waals surface area contributed by atoms with Gasteiger partial charge in [0.1, 0.15) is 5.82 Å². The first-order chi connectivity index (χ1) is 9.61. The van der Waals surface area contributed by atoms with Gasteiger partial charge in [0.25, 0.3) is 0 Å². The van der Waals surface area contributed by atoms with Gasteiger partial charge in [0.2, 0.25) is 0 Å². The number of benzene rings is 1. The number of carbonyl (C=O) groups excluding carboxylic acids is 1. The number of urea groups is 1. The molecule has 0 heterocycles. The normalized spacial score (nSPS) is 17.4. The molecule has 20 heavy (non-hydrogen) atoms. The van der Waals surface area contributed by atoms with Gasteiger partial charge < -0.3 is 15.7 Å². The lowest BCUT2D eigenvalue weighted by molar-refractivity contribution is 0.214. The molecule has 0 aliphatic heterocycles. The van der Waals surface area contributed by atoms with Crippen molar-refractivity contribution in [2.75, 3.05) is 13.2 Å². The number of hydrogen-bond acceptors (Lipinski definition) is 2. The molecule has 3 N–H and O–H groups in total. The number of amides is 2. The third kappa shape index (κ3) is 3.28. The van der Waals surface area contributed by atoms with E-state index in [1.54, 1.807) is 12.1 Å².